The Hall–Kier alpha value is -1.30. The van der Waals surface area contributed by atoms with Crippen LogP contribution in [0.25, 0.3) is 0 Å². The van der Waals surface area contributed by atoms with E-state index in [9.17, 15) is 4.79 Å². The number of halogens is 2. The van der Waals surface area contributed by atoms with Crippen LogP contribution >= 0.6 is 34.5 Å². The van der Waals surface area contributed by atoms with E-state index in [1.54, 1.807) is 29.8 Å². The second-order valence-electron chi connectivity index (χ2n) is 3.48. The topological polar surface area (TPSA) is 57.9 Å². The maximum Gasteiger partial charge on any atom is 0.244 e. The number of rotatable bonds is 3. The predicted octanol–water partition coefficient (Wildman–Crippen LogP) is 2.97. The molecule has 0 bridgehead atoms. The zero-order chi connectivity index (χ0) is 13.1. The monoisotopic (exact) mass is 301 g/mol. The molecule has 2 N–H and O–H groups in total. The van der Waals surface area contributed by atoms with E-state index < -0.39 is 0 Å². The minimum absolute atomic E-state index is 0.0594. The summed E-state index contributed by atoms with van der Waals surface area (Å²) in [5.74, 6) is -0.276. The fraction of sp³-hybridized carbons (Fsp3) is 0.0909. The van der Waals surface area contributed by atoms with E-state index in [-0.39, 0.29) is 12.5 Å². The molecule has 0 spiro atoms. The third-order valence-electron chi connectivity index (χ3n) is 2.22. The normalized spacial score (nSPS) is 10.3. The number of amides is 1. The molecule has 0 saturated carbocycles. The second-order valence-corrected chi connectivity index (χ2v) is 5.19. The van der Waals surface area contributed by atoms with Crippen molar-refractivity contribution in [2.24, 2.45) is 0 Å². The van der Waals surface area contributed by atoms with Crippen LogP contribution < -0.4 is 10.1 Å². The fourth-order valence-corrected chi connectivity index (χ4v) is 2.47. The van der Waals surface area contributed by atoms with Crippen LogP contribution in [0.1, 0.15) is 0 Å². The van der Waals surface area contributed by atoms with Crippen LogP contribution in [0.4, 0.5) is 5.69 Å². The number of aromatic nitrogens is 1. The van der Waals surface area contributed by atoms with Gasteiger partial charge in [0.15, 0.2) is 4.80 Å². The number of carbonyl (C=O) groups excluding carboxylic acids is 1. The molecule has 0 aliphatic rings. The lowest BCUT2D eigenvalue weighted by atomic mass is 10.3. The fourth-order valence-electron chi connectivity index (χ4n) is 1.38. The molecule has 0 fully saturated rings. The molecule has 2 rings (SSSR count). The summed E-state index contributed by atoms with van der Waals surface area (Å²) < 4.78 is 1.53. The molecule has 1 aromatic carbocycles. The molecule has 0 atom stereocenters. The van der Waals surface area contributed by atoms with Gasteiger partial charge in [-0.15, -0.1) is 11.3 Å². The van der Waals surface area contributed by atoms with E-state index in [2.05, 4.69) is 5.32 Å². The molecular formula is C11H9Cl2N3OS. The second kappa shape index (κ2) is 5.56. The predicted molar refractivity (Wildman–Crippen MR) is 73.3 cm³/mol. The largest absolute Gasteiger partial charge is 0.322 e. The lowest BCUT2D eigenvalue weighted by molar-refractivity contribution is -0.116. The molecule has 4 nitrogen and oxygen atoms in total. The first-order valence-electron chi connectivity index (χ1n) is 5.00. The molecule has 0 unspecified atom stereocenters. The SMILES string of the molecule is N=c1sccn1CC(=O)Nc1c(Cl)cccc1Cl. The van der Waals surface area contributed by atoms with Crippen LogP contribution in [0.5, 0.6) is 0 Å². The maximum absolute atomic E-state index is 11.8. The van der Waals surface area contributed by atoms with Crippen molar-refractivity contribution in [2.75, 3.05) is 5.32 Å². The number of thiazole rings is 1. The number of nitrogens with one attached hydrogen (secondary N) is 2. The minimum atomic E-state index is -0.276. The van der Waals surface area contributed by atoms with Crippen molar-refractivity contribution in [2.45, 2.75) is 6.54 Å². The van der Waals surface area contributed by atoms with Gasteiger partial charge in [0.25, 0.3) is 0 Å². The van der Waals surface area contributed by atoms with Gasteiger partial charge in [-0.2, -0.15) is 0 Å². The van der Waals surface area contributed by atoms with Crippen LogP contribution in [-0.4, -0.2) is 10.5 Å². The van der Waals surface area contributed by atoms with Crippen molar-refractivity contribution in [3.63, 3.8) is 0 Å². The highest BCUT2D eigenvalue weighted by Gasteiger charge is 2.10. The molecule has 0 aliphatic heterocycles. The van der Waals surface area contributed by atoms with Gasteiger partial charge < -0.3 is 9.88 Å². The zero-order valence-electron chi connectivity index (χ0n) is 9.11. The smallest absolute Gasteiger partial charge is 0.244 e. The van der Waals surface area contributed by atoms with E-state index in [0.717, 1.165) is 0 Å². The van der Waals surface area contributed by atoms with Crippen molar-refractivity contribution in [1.82, 2.24) is 4.57 Å². The Labute approximate surface area is 117 Å². The zero-order valence-corrected chi connectivity index (χ0v) is 11.4. The molecule has 7 heteroatoms. The van der Waals surface area contributed by atoms with E-state index >= 15 is 0 Å². The van der Waals surface area contributed by atoms with Crippen molar-refractivity contribution < 1.29 is 4.79 Å². The molecule has 0 radical (unpaired) electrons. The summed E-state index contributed by atoms with van der Waals surface area (Å²) in [5, 5.41) is 12.7. The molecule has 1 aromatic heterocycles. The van der Waals surface area contributed by atoms with Gasteiger partial charge in [-0.05, 0) is 12.1 Å². The summed E-state index contributed by atoms with van der Waals surface area (Å²) in [6.45, 7) is 0.0594. The van der Waals surface area contributed by atoms with Crippen molar-refractivity contribution in [3.05, 3.63) is 44.6 Å². The number of para-hydroxylation sites is 1. The quantitative estimate of drug-likeness (QED) is 0.899. The third kappa shape index (κ3) is 2.93. The molecule has 0 saturated heterocycles. The molecule has 2 aromatic rings. The molecule has 1 heterocycles. The van der Waals surface area contributed by atoms with Crippen molar-refractivity contribution >= 4 is 46.1 Å². The van der Waals surface area contributed by atoms with Gasteiger partial charge in [0.05, 0.1) is 15.7 Å². The van der Waals surface area contributed by atoms with Gasteiger partial charge in [0, 0.05) is 11.6 Å². The van der Waals surface area contributed by atoms with E-state index in [1.807, 2.05) is 0 Å². The first-order valence-corrected chi connectivity index (χ1v) is 6.64. The molecule has 18 heavy (non-hydrogen) atoms. The molecule has 1 amide bonds. The van der Waals surface area contributed by atoms with Crippen LogP contribution in [0.3, 0.4) is 0 Å². The maximum atomic E-state index is 11.8. The van der Waals surface area contributed by atoms with Crippen molar-refractivity contribution in [3.8, 4) is 0 Å². The summed E-state index contributed by atoms with van der Waals surface area (Å²) in [7, 11) is 0. The first-order chi connectivity index (χ1) is 8.58. The van der Waals surface area contributed by atoms with Gasteiger partial charge in [0.2, 0.25) is 5.91 Å². The Balaban J connectivity index is 2.13. The lowest BCUT2D eigenvalue weighted by Crippen LogP contribution is -2.24. The standard InChI is InChI=1S/C11H9Cl2N3OS/c12-7-2-1-3-8(13)10(7)15-9(17)6-16-4-5-18-11(16)14/h1-5,14H,6H2,(H,15,17). The van der Waals surface area contributed by atoms with Crippen LogP contribution in [-0.2, 0) is 11.3 Å². The Bertz CT molecular complexity index is 615. The van der Waals surface area contributed by atoms with Gasteiger partial charge >= 0.3 is 0 Å². The number of nitrogens with zero attached hydrogens (tertiary/aromatic N) is 1. The van der Waals surface area contributed by atoms with E-state index in [1.165, 1.54) is 15.9 Å². The Kier molecular flexibility index (Phi) is 4.06. The average molecular weight is 302 g/mol. The first kappa shape index (κ1) is 13.1. The van der Waals surface area contributed by atoms with Gasteiger partial charge in [0.1, 0.15) is 6.54 Å². The van der Waals surface area contributed by atoms with Crippen LogP contribution in [0, 0.1) is 5.41 Å². The highest BCUT2D eigenvalue weighted by Crippen LogP contribution is 2.29. The van der Waals surface area contributed by atoms with Gasteiger partial charge in [-0.1, -0.05) is 29.3 Å². The molecular weight excluding hydrogens is 293 g/mol. The molecule has 0 aliphatic carbocycles. The minimum Gasteiger partial charge on any atom is -0.322 e. The van der Waals surface area contributed by atoms with Crippen LogP contribution in [0.2, 0.25) is 10.0 Å². The lowest BCUT2D eigenvalue weighted by Gasteiger charge is -2.09. The highest BCUT2D eigenvalue weighted by atomic mass is 35.5. The summed E-state index contributed by atoms with van der Waals surface area (Å²) in [4.78, 5) is 12.1. The highest BCUT2D eigenvalue weighted by molar-refractivity contribution is 7.06. The number of hydrogen-bond donors (Lipinski definition) is 2. The summed E-state index contributed by atoms with van der Waals surface area (Å²) in [6.07, 6.45) is 1.68. The van der Waals surface area contributed by atoms with E-state index in [0.29, 0.717) is 20.5 Å². The average Bonchev–Trinajstić information content (AvgIpc) is 2.70. The number of hydrogen-bond acceptors (Lipinski definition) is 3. The van der Waals surface area contributed by atoms with E-state index in [4.69, 9.17) is 28.6 Å². The summed E-state index contributed by atoms with van der Waals surface area (Å²) in [6, 6.07) is 5.00. The third-order valence-corrected chi connectivity index (χ3v) is 3.57. The summed E-state index contributed by atoms with van der Waals surface area (Å²) in [5.41, 5.74) is 0.396. The number of anilines is 1. The van der Waals surface area contributed by atoms with Gasteiger partial charge in [-0.25, -0.2) is 0 Å². The Morgan fingerprint density at radius 1 is 1.39 bits per heavy atom. The molecule has 94 valence electrons. The van der Waals surface area contributed by atoms with Gasteiger partial charge in [-0.3, -0.25) is 10.2 Å². The number of carbonyl (C=O) groups is 1. The Morgan fingerprint density at radius 3 is 2.61 bits per heavy atom. The van der Waals surface area contributed by atoms with Crippen LogP contribution in [0.15, 0.2) is 29.8 Å². The Morgan fingerprint density at radius 2 is 2.06 bits per heavy atom. The van der Waals surface area contributed by atoms with Crippen molar-refractivity contribution in [1.29, 1.82) is 5.41 Å². The summed E-state index contributed by atoms with van der Waals surface area (Å²) >= 11 is 13.1. The number of benzene rings is 1.